The van der Waals surface area contributed by atoms with Gasteiger partial charge < -0.3 is 10.2 Å². The summed E-state index contributed by atoms with van der Waals surface area (Å²) in [6.07, 6.45) is 1.33. The molecule has 0 bridgehead atoms. The van der Waals surface area contributed by atoms with Gasteiger partial charge >= 0.3 is 0 Å². The number of hydrogen-bond acceptors (Lipinski definition) is 3. The van der Waals surface area contributed by atoms with E-state index in [0.717, 1.165) is 6.42 Å². The highest BCUT2D eigenvalue weighted by atomic mass is 16.5. The smallest absolute Gasteiger partial charge is 0.222 e. The van der Waals surface area contributed by atoms with E-state index in [4.69, 9.17) is 10.2 Å². The Balaban J connectivity index is 2.35. The van der Waals surface area contributed by atoms with E-state index in [1.807, 2.05) is 0 Å². The van der Waals surface area contributed by atoms with Crippen LogP contribution in [-0.4, -0.2) is 22.7 Å². The quantitative estimate of drug-likeness (QED) is 0.394. The summed E-state index contributed by atoms with van der Waals surface area (Å²) in [5, 5.41) is 20.5. The van der Waals surface area contributed by atoms with Gasteiger partial charge in [-0.25, -0.2) is 0 Å². The zero-order valence-electron chi connectivity index (χ0n) is 5.59. The number of hydrogen-bond donors (Lipinski definition) is 3. The zero-order chi connectivity index (χ0) is 6.91. The normalized spacial score (nSPS) is 34.3. The van der Waals surface area contributed by atoms with Crippen LogP contribution in [0.5, 0.6) is 0 Å². The third-order valence-electron chi connectivity index (χ3n) is 1.72. The van der Waals surface area contributed by atoms with E-state index in [0.29, 0.717) is 18.9 Å². The molecule has 0 amide bonds. The van der Waals surface area contributed by atoms with Crippen molar-refractivity contribution < 1.29 is 10.2 Å². The Bertz CT molecular complexity index is 93.2. The maximum absolute atomic E-state index is 8.94. The predicted octanol–water partition coefficient (Wildman–Crippen LogP) is -0.356. The fourth-order valence-electron chi connectivity index (χ4n) is 0.976. The van der Waals surface area contributed by atoms with E-state index in [9.17, 15) is 0 Å². The van der Waals surface area contributed by atoms with Gasteiger partial charge in [-0.2, -0.15) is 0 Å². The van der Waals surface area contributed by atoms with Crippen LogP contribution in [0.3, 0.4) is 0 Å². The van der Waals surface area contributed by atoms with Gasteiger partial charge in [0.1, 0.15) is 0 Å². The first-order valence-electron chi connectivity index (χ1n) is 3.30. The molecule has 3 N–H and O–H groups in total. The Hall–Kier alpha value is -0.120. The monoisotopic (exact) mass is 131 g/mol. The van der Waals surface area contributed by atoms with Crippen LogP contribution in [0.15, 0.2) is 0 Å². The standard InChI is InChI=1S/C6H13NO2/c1-5-2-3-6(8,9)7-4-5/h5,7-9H,2-4H2,1H3. The van der Waals surface area contributed by atoms with Gasteiger partial charge in [-0.15, -0.1) is 0 Å². The van der Waals surface area contributed by atoms with Crippen LogP contribution in [0.4, 0.5) is 0 Å². The van der Waals surface area contributed by atoms with E-state index in [1.165, 1.54) is 0 Å². The minimum atomic E-state index is -1.59. The highest BCUT2D eigenvalue weighted by Crippen LogP contribution is 2.17. The van der Waals surface area contributed by atoms with Gasteiger partial charge in [0.15, 0.2) is 0 Å². The van der Waals surface area contributed by atoms with E-state index >= 15 is 0 Å². The molecule has 1 atom stereocenters. The maximum atomic E-state index is 8.94. The van der Waals surface area contributed by atoms with Crippen LogP contribution >= 0.6 is 0 Å². The fraction of sp³-hybridized carbons (Fsp3) is 1.00. The average Bonchev–Trinajstić information content (AvgIpc) is 1.78. The zero-order valence-corrected chi connectivity index (χ0v) is 5.59. The molecule has 1 rings (SSSR count). The van der Waals surface area contributed by atoms with Gasteiger partial charge in [-0.3, -0.25) is 5.32 Å². The molecule has 1 aliphatic heterocycles. The molecule has 0 aliphatic carbocycles. The molecule has 1 saturated heterocycles. The molecule has 0 saturated carbocycles. The van der Waals surface area contributed by atoms with Gasteiger partial charge in [0.05, 0.1) is 0 Å². The first-order chi connectivity index (χ1) is 4.10. The number of nitrogens with one attached hydrogen (secondary N) is 1. The van der Waals surface area contributed by atoms with Crippen molar-refractivity contribution in [2.24, 2.45) is 5.92 Å². The van der Waals surface area contributed by atoms with Crippen molar-refractivity contribution in [2.45, 2.75) is 25.7 Å². The predicted molar refractivity (Wildman–Crippen MR) is 33.6 cm³/mol. The second-order valence-electron chi connectivity index (χ2n) is 2.84. The molecule has 0 aromatic carbocycles. The Morgan fingerprint density at radius 3 is 2.56 bits per heavy atom. The largest absolute Gasteiger partial charge is 0.353 e. The van der Waals surface area contributed by atoms with Crippen molar-refractivity contribution >= 4 is 0 Å². The highest BCUT2D eigenvalue weighted by Gasteiger charge is 2.27. The maximum Gasteiger partial charge on any atom is 0.222 e. The molecule has 54 valence electrons. The summed E-state index contributed by atoms with van der Waals surface area (Å²) >= 11 is 0. The Morgan fingerprint density at radius 2 is 2.22 bits per heavy atom. The van der Waals surface area contributed by atoms with E-state index in [1.54, 1.807) is 0 Å². The first-order valence-corrected chi connectivity index (χ1v) is 3.30. The van der Waals surface area contributed by atoms with E-state index in [-0.39, 0.29) is 0 Å². The van der Waals surface area contributed by atoms with Gasteiger partial charge in [0.25, 0.3) is 0 Å². The molecule has 1 heterocycles. The van der Waals surface area contributed by atoms with Crippen molar-refractivity contribution in [1.82, 2.24) is 5.32 Å². The minimum absolute atomic E-state index is 0.439. The van der Waals surface area contributed by atoms with Crippen LogP contribution < -0.4 is 5.32 Å². The molecule has 9 heavy (non-hydrogen) atoms. The van der Waals surface area contributed by atoms with Gasteiger partial charge in [-0.1, -0.05) is 6.92 Å². The summed E-state index contributed by atoms with van der Waals surface area (Å²) < 4.78 is 0. The van der Waals surface area contributed by atoms with Gasteiger partial charge in [-0.05, 0) is 12.3 Å². The molecule has 0 spiro atoms. The van der Waals surface area contributed by atoms with Crippen LogP contribution in [0.1, 0.15) is 19.8 Å². The summed E-state index contributed by atoms with van der Waals surface area (Å²) in [6.45, 7) is 2.79. The lowest BCUT2D eigenvalue weighted by Gasteiger charge is -2.30. The van der Waals surface area contributed by atoms with Crippen molar-refractivity contribution in [3.05, 3.63) is 0 Å². The molecule has 3 heteroatoms. The van der Waals surface area contributed by atoms with Crippen molar-refractivity contribution in [3.8, 4) is 0 Å². The second kappa shape index (κ2) is 2.25. The Kier molecular flexibility index (Phi) is 1.75. The summed E-state index contributed by atoms with van der Waals surface area (Å²) in [4.78, 5) is 0. The molecule has 0 aromatic rings. The van der Waals surface area contributed by atoms with Crippen LogP contribution in [0.2, 0.25) is 0 Å². The third kappa shape index (κ3) is 1.93. The second-order valence-corrected chi connectivity index (χ2v) is 2.84. The van der Waals surface area contributed by atoms with Crippen LogP contribution in [0, 0.1) is 5.92 Å². The topological polar surface area (TPSA) is 52.5 Å². The molecule has 1 fully saturated rings. The highest BCUT2D eigenvalue weighted by molar-refractivity contribution is 4.72. The molecular weight excluding hydrogens is 118 g/mol. The molecule has 0 radical (unpaired) electrons. The van der Waals surface area contributed by atoms with Gasteiger partial charge in [0.2, 0.25) is 5.91 Å². The third-order valence-corrected chi connectivity index (χ3v) is 1.72. The molecule has 3 nitrogen and oxygen atoms in total. The van der Waals surface area contributed by atoms with Crippen molar-refractivity contribution in [1.29, 1.82) is 0 Å². The van der Waals surface area contributed by atoms with E-state index in [2.05, 4.69) is 12.2 Å². The van der Waals surface area contributed by atoms with Crippen molar-refractivity contribution in [3.63, 3.8) is 0 Å². The fourth-order valence-corrected chi connectivity index (χ4v) is 0.976. The number of rotatable bonds is 0. The molecule has 1 aliphatic rings. The lowest BCUT2D eigenvalue weighted by molar-refractivity contribution is -0.203. The van der Waals surface area contributed by atoms with Crippen LogP contribution in [0.25, 0.3) is 0 Å². The number of aliphatic hydroxyl groups is 2. The lowest BCUT2D eigenvalue weighted by Crippen LogP contribution is -2.50. The first kappa shape index (κ1) is 6.99. The van der Waals surface area contributed by atoms with Crippen LogP contribution in [-0.2, 0) is 0 Å². The van der Waals surface area contributed by atoms with E-state index < -0.39 is 5.91 Å². The molecule has 1 unspecified atom stereocenters. The summed E-state index contributed by atoms with van der Waals surface area (Å²) in [6, 6.07) is 0. The number of piperidine rings is 1. The summed E-state index contributed by atoms with van der Waals surface area (Å²) in [7, 11) is 0. The lowest BCUT2D eigenvalue weighted by atomic mass is 10.00. The van der Waals surface area contributed by atoms with Gasteiger partial charge in [0, 0.05) is 13.0 Å². The Morgan fingerprint density at radius 1 is 1.56 bits per heavy atom. The Labute approximate surface area is 54.7 Å². The SMILES string of the molecule is CC1CCC(O)(O)NC1. The summed E-state index contributed by atoms with van der Waals surface area (Å²) in [5.41, 5.74) is 0. The molecule has 0 aromatic heterocycles. The summed E-state index contributed by atoms with van der Waals surface area (Å²) in [5.74, 6) is -1.02. The average molecular weight is 131 g/mol. The minimum Gasteiger partial charge on any atom is -0.353 e. The van der Waals surface area contributed by atoms with Crippen molar-refractivity contribution in [2.75, 3.05) is 6.54 Å². The molecular formula is C6H13NO2.